The molecule has 0 aliphatic heterocycles. The van der Waals surface area contributed by atoms with Gasteiger partial charge in [0.15, 0.2) is 5.58 Å². The Morgan fingerprint density at radius 1 is 1.21 bits per heavy atom. The number of halogens is 3. The van der Waals surface area contributed by atoms with Gasteiger partial charge < -0.3 is 9.15 Å². The van der Waals surface area contributed by atoms with Crippen LogP contribution in [-0.4, -0.2) is 37.3 Å². The van der Waals surface area contributed by atoms with Crippen molar-refractivity contribution >= 4 is 38.8 Å². The minimum atomic E-state index is -2.81. The van der Waals surface area contributed by atoms with E-state index in [9.17, 15) is 13.6 Å². The average Bonchev–Trinajstić information content (AvgIpc) is 3.05. The summed E-state index contributed by atoms with van der Waals surface area (Å²) in [4.78, 5) is 20.9. The minimum Gasteiger partial charge on any atom is -0.407 e. The monoisotopic (exact) mass is 523 g/mol. The van der Waals surface area contributed by atoms with Crippen molar-refractivity contribution in [2.75, 3.05) is 6.61 Å². The highest BCUT2D eigenvalue weighted by Gasteiger charge is 2.22. The first-order valence-electron chi connectivity index (χ1n) is 10.8. The first-order chi connectivity index (χ1) is 15.8. The Morgan fingerprint density at radius 3 is 2.53 bits per heavy atom. The molecule has 0 N–H and O–H groups in total. The Balaban J connectivity index is 2.06. The quantitative estimate of drug-likeness (QED) is 0.210. The fraction of sp³-hybridized carbons (Fsp3) is 0.435. The van der Waals surface area contributed by atoms with E-state index in [4.69, 9.17) is 20.8 Å². The van der Waals surface area contributed by atoms with E-state index in [0.29, 0.717) is 22.7 Å². The van der Waals surface area contributed by atoms with E-state index >= 15 is 0 Å². The van der Waals surface area contributed by atoms with Crippen molar-refractivity contribution in [3.05, 3.63) is 45.3 Å². The van der Waals surface area contributed by atoms with Crippen LogP contribution < -0.4 is 5.76 Å². The third-order valence-corrected chi connectivity index (χ3v) is 7.70. The van der Waals surface area contributed by atoms with Crippen LogP contribution in [0.15, 0.2) is 27.5 Å². The molecule has 0 atom stereocenters. The van der Waals surface area contributed by atoms with Crippen LogP contribution >= 0.6 is 11.6 Å². The molecular formula is C23H28ClF2N3O3Si2. The van der Waals surface area contributed by atoms with Gasteiger partial charge in [-0.3, -0.25) is 0 Å². The molecule has 0 aliphatic rings. The standard InChI is InChI=1S/C23H28ClF2N3O3Si2/c1-33(2,3)11-9-17-19(22(25)26)27-13-18(28-17)15-7-8-16(24)20-21(15)32-23(30)29(20)14-31-10-12-34(4,5)6/h7-8,13,22H,10,12,14H2,1-6H3. The van der Waals surface area contributed by atoms with Gasteiger partial charge in [0.1, 0.15) is 31.7 Å². The van der Waals surface area contributed by atoms with Crippen molar-refractivity contribution < 1.29 is 17.9 Å². The van der Waals surface area contributed by atoms with Gasteiger partial charge >= 0.3 is 5.76 Å². The van der Waals surface area contributed by atoms with Crippen LogP contribution in [0.25, 0.3) is 22.4 Å². The van der Waals surface area contributed by atoms with Gasteiger partial charge in [-0.1, -0.05) is 56.8 Å². The first-order valence-corrected chi connectivity index (χ1v) is 18.4. The Bertz CT molecular complexity index is 1320. The minimum absolute atomic E-state index is 0.0115. The summed E-state index contributed by atoms with van der Waals surface area (Å²) < 4.78 is 39.6. The van der Waals surface area contributed by atoms with E-state index in [1.165, 1.54) is 10.8 Å². The van der Waals surface area contributed by atoms with Gasteiger partial charge in [0.25, 0.3) is 6.43 Å². The predicted octanol–water partition coefficient (Wildman–Crippen LogP) is 6.18. The molecule has 0 aliphatic carbocycles. The summed E-state index contributed by atoms with van der Waals surface area (Å²) in [6.45, 7) is 13.2. The van der Waals surface area contributed by atoms with Crippen LogP contribution in [0.3, 0.4) is 0 Å². The predicted molar refractivity (Wildman–Crippen MR) is 136 cm³/mol. The average molecular weight is 524 g/mol. The van der Waals surface area contributed by atoms with Crippen LogP contribution in [-0.2, 0) is 11.5 Å². The van der Waals surface area contributed by atoms with Gasteiger partial charge in [0, 0.05) is 20.2 Å². The van der Waals surface area contributed by atoms with Crippen LogP contribution in [0.4, 0.5) is 8.78 Å². The van der Waals surface area contributed by atoms with Gasteiger partial charge in [-0.15, -0.1) is 5.54 Å². The Kier molecular flexibility index (Phi) is 7.82. The van der Waals surface area contributed by atoms with Gasteiger partial charge in [0.2, 0.25) is 0 Å². The largest absolute Gasteiger partial charge is 0.421 e. The molecule has 0 amide bonds. The van der Waals surface area contributed by atoms with Crippen molar-refractivity contribution in [3.63, 3.8) is 0 Å². The number of oxazole rings is 1. The summed E-state index contributed by atoms with van der Waals surface area (Å²) in [6.07, 6.45) is -1.59. The SMILES string of the molecule is C[Si](C)(C)C#Cc1nc(-c2ccc(Cl)c3c2oc(=O)n3COCC[Si](C)(C)C)cnc1C(F)F. The maximum atomic E-state index is 13.5. The molecular weight excluding hydrogens is 496 g/mol. The van der Waals surface area contributed by atoms with Gasteiger partial charge in [-0.05, 0) is 18.2 Å². The van der Waals surface area contributed by atoms with Crippen LogP contribution in [0.1, 0.15) is 17.8 Å². The van der Waals surface area contributed by atoms with E-state index in [-0.39, 0.29) is 23.7 Å². The zero-order valence-corrected chi connectivity index (χ0v) is 22.9. The smallest absolute Gasteiger partial charge is 0.407 e. The molecule has 2 heterocycles. The molecule has 34 heavy (non-hydrogen) atoms. The number of hydrogen-bond acceptors (Lipinski definition) is 5. The fourth-order valence-electron chi connectivity index (χ4n) is 3.02. The van der Waals surface area contributed by atoms with Crippen molar-refractivity contribution in [3.8, 4) is 22.7 Å². The normalized spacial score (nSPS) is 12.3. The first kappa shape index (κ1) is 26.3. The topological polar surface area (TPSA) is 70.2 Å². The molecule has 1 aromatic carbocycles. The molecule has 3 aromatic rings. The lowest BCUT2D eigenvalue weighted by Gasteiger charge is -2.15. The van der Waals surface area contributed by atoms with Crippen LogP contribution in [0, 0.1) is 11.5 Å². The second kappa shape index (κ2) is 10.1. The molecule has 2 aromatic heterocycles. The van der Waals surface area contributed by atoms with Crippen LogP contribution in [0.5, 0.6) is 0 Å². The summed E-state index contributed by atoms with van der Waals surface area (Å²) in [5.41, 5.74) is 3.69. The van der Waals surface area contributed by atoms with Crippen molar-refractivity contribution in [1.82, 2.24) is 14.5 Å². The third kappa shape index (κ3) is 6.41. The third-order valence-electron chi connectivity index (χ3n) is 4.82. The number of fused-ring (bicyclic) bond motifs is 1. The van der Waals surface area contributed by atoms with E-state index < -0.39 is 34.0 Å². The van der Waals surface area contributed by atoms with E-state index in [2.05, 4.69) is 41.1 Å². The molecule has 0 fully saturated rings. The maximum Gasteiger partial charge on any atom is 0.421 e. The molecule has 0 unspecified atom stereocenters. The molecule has 0 saturated heterocycles. The Labute approximate surface area is 204 Å². The molecule has 11 heteroatoms. The van der Waals surface area contributed by atoms with Crippen molar-refractivity contribution in [2.45, 2.75) is 58.5 Å². The van der Waals surface area contributed by atoms with Gasteiger partial charge in [-0.25, -0.2) is 28.1 Å². The Morgan fingerprint density at radius 2 is 1.91 bits per heavy atom. The van der Waals surface area contributed by atoms with E-state index in [1.54, 1.807) is 12.1 Å². The lowest BCUT2D eigenvalue weighted by Crippen LogP contribution is -2.23. The molecule has 0 bridgehead atoms. The number of rotatable bonds is 7. The zero-order valence-electron chi connectivity index (χ0n) is 20.1. The second-order valence-electron chi connectivity index (χ2n) is 10.2. The fourth-order valence-corrected chi connectivity index (χ4v) is 4.52. The number of ether oxygens (including phenoxy) is 1. The molecule has 0 saturated carbocycles. The number of alkyl halides is 2. The molecule has 3 rings (SSSR count). The summed E-state index contributed by atoms with van der Waals surface area (Å²) in [6, 6.07) is 4.17. The van der Waals surface area contributed by atoms with Gasteiger partial charge in [-0.2, -0.15) is 0 Å². The summed E-state index contributed by atoms with van der Waals surface area (Å²) in [5, 5.41) is 0.300. The van der Waals surface area contributed by atoms with Crippen molar-refractivity contribution in [2.24, 2.45) is 0 Å². The number of hydrogen-bond donors (Lipinski definition) is 0. The summed E-state index contributed by atoms with van der Waals surface area (Å²) >= 11 is 6.40. The molecule has 182 valence electrons. The maximum absolute atomic E-state index is 13.5. The molecule has 6 nitrogen and oxygen atoms in total. The number of benzene rings is 1. The van der Waals surface area contributed by atoms with Crippen molar-refractivity contribution in [1.29, 1.82) is 0 Å². The van der Waals surface area contributed by atoms with E-state index in [1.807, 2.05) is 19.6 Å². The molecule has 0 spiro atoms. The summed E-state index contributed by atoms with van der Waals surface area (Å²) in [5.74, 6) is 2.15. The molecule has 0 radical (unpaired) electrons. The van der Waals surface area contributed by atoms with Crippen LogP contribution in [0.2, 0.25) is 50.3 Å². The number of aromatic nitrogens is 3. The highest BCUT2D eigenvalue weighted by atomic mass is 35.5. The lowest BCUT2D eigenvalue weighted by molar-refractivity contribution is 0.0850. The van der Waals surface area contributed by atoms with Gasteiger partial charge in [0.05, 0.1) is 16.9 Å². The Hall–Kier alpha value is -2.33. The highest BCUT2D eigenvalue weighted by Crippen LogP contribution is 2.33. The lowest BCUT2D eigenvalue weighted by atomic mass is 10.1. The highest BCUT2D eigenvalue weighted by molar-refractivity contribution is 6.83. The van der Waals surface area contributed by atoms with E-state index in [0.717, 1.165) is 6.04 Å². The number of nitrogens with zero attached hydrogens (tertiary/aromatic N) is 3. The second-order valence-corrected chi connectivity index (χ2v) is 21.0. The zero-order chi connectivity index (χ0) is 25.3. The summed E-state index contributed by atoms with van der Waals surface area (Å²) in [7, 11) is -3.13.